The van der Waals surface area contributed by atoms with E-state index in [9.17, 15) is 9.18 Å². The van der Waals surface area contributed by atoms with Gasteiger partial charge in [-0.1, -0.05) is 23.7 Å². The van der Waals surface area contributed by atoms with Crippen LogP contribution in [0.3, 0.4) is 0 Å². The third-order valence-corrected chi connectivity index (χ3v) is 5.97. The molecule has 0 spiro atoms. The molecule has 2 aromatic rings. The standard InChI is InChI=1S/C24H30ClFN2O2/c1-16-4-7-22(12-17(16)2)30-15-18(3)27-24(29)19-8-10-28(11-9-19)14-20-5-6-21(25)13-23(20)26/h4-7,12-13,18-19H,8-11,14-15H2,1-3H3,(H,27,29)/t18-/m0/s1. The van der Waals surface area contributed by atoms with Gasteiger partial charge in [0, 0.05) is 23.0 Å². The molecule has 0 aliphatic carbocycles. The molecule has 1 fully saturated rings. The van der Waals surface area contributed by atoms with E-state index in [-0.39, 0.29) is 23.7 Å². The molecule has 1 heterocycles. The number of hydrogen-bond donors (Lipinski definition) is 1. The van der Waals surface area contributed by atoms with Crippen LogP contribution in [0.5, 0.6) is 5.75 Å². The molecule has 1 atom stereocenters. The molecule has 162 valence electrons. The average molecular weight is 433 g/mol. The molecule has 3 rings (SSSR count). The molecular weight excluding hydrogens is 403 g/mol. The van der Waals surface area contributed by atoms with Crippen LogP contribution in [0.15, 0.2) is 36.4 Å². The number of aryl methyl sites for hydroxylation is 2. The molecule has 0 saturated carbocycles. The van der Waals surface area contributed by atoms with Crippen LogP contribution in [0.1, 0.15) is 36.5 Å². The monoisotopic (exact) mass is 432 g/mol. The number of carbonyl (C=O) groups excluding carboxylic acids is 1. The van der Waals surface area contributed by atoms with Gasteiger partial charge < -0.3 is 10.1 Å². The van der Waals surface area contributed by atoms with Gasteiger partial charge in [0.15, 0.2) is 0 Å². The van der Waals surface area contributed by atoms with Crippen LogP contribution < -0.4 is 10.1 Å². The summed E-state index contributed by atoms with van der Waals surface area (Å²) in [4.78, 5) is 14.8. The molecule has 0 unspecified atom stereocenters. The fraction of sp³-hybridized carbons (Fsp3) is 0.458. The van der Waals surface area contributed by atoms with Crippen molar-refractivity contribution in [3.63, 3.8) is 0 Å². The lowest BCUT2D eigenvalue weighted by Crippen LogP contribution is -2.44. The highest BCUT2D eigenvalue weighted by molar-refractivity contribution is 6.30. The molecule has 30 heavy (non-hydrogen) atoms. The Hall–Kier alpha value is -2.11. The van der Waals surface area contributed by atoms with E-state index in [2.05, 4.69) is 24.1 Å². The van der Waals surface area contributed by atoms with Crippen LogP contribution >= 0.6 is 11.6 Å². The molecule has 6 heteroatoms. The number of nitrogens with zero attached hydrogens (tertiary/aromatic N) is 1. The predicted molar refractivity (Wildman–Crippen MR) is 118 cm³/mol. The third-order valence-electron chi connectivity index (χ3n) is 5.73. The first-order valence-electron chi connectivity index (χ1n) is 10.5. The minimum atomic E-state index is -0.278. The van der Waals surface area contributed by atoms with Crippen LogP contribution in [0.25, 0.3) is 0 Å². The molecule has 0 radical (unpaired) electrons. The summed E-state index contributed by atoms with van der Waals surface area (Å²) in [7, 11) is 0. The van der Waals surface area contributed by atoms with Gasteiger partial charge in [-0.15, -0.1) is 0 Å². The maximum absolute atomic E-state index is 14.0. The first-order chi connectivity index (χ1) is 14.3. The Morgan fingerprint density at radius 1 is 1.20 bits per heavy atom. The molecule has 4 nitrogen and oxygen atoms in total. The summed E-state index contributed by atoms with van der Waals surface area (Å²) in [5.41, 5.74) is 3.06. The van der Waals surface area contributed by atoms with Crippen molar-refractivity contribution in [3.05, 3.63) is 63.9 Å². The van der Waals surface area contributed by atoms with Crippen molar-refractivity contribution >= 4 is 17.5 Å². The molecule has 0 aromatic heterocycles. The van der Waals surface area contributed by atoms with Gasteiger partial charge in [-0.2, -0.15) is 0 Å². The van der Waals surface area contributed by atoms with Gasteiger partial charge in [0.25, 0.3) is 0 Å². The lowest BCUT2D eigenvalue weighted by atomic mass is 9.95. The van der Waals surface area contributed by atoms with Crippen LogP contribution in [-0.4, -0.2) is 36.5 Å². The second kappa shape index (κ2) is 10.3. The first kappa shape index (κ1) is 22.6. The molecule has 1 aliphatic heterocycles. The van der Waals surface area contributed by atoms with Crippen molar-refractivity contribution in [1.82, 2.24) is 10.2 Å². The second-order valence-electron chi connectivity index (χ2n) is 8.25. The summed E-state index contributed by atoms with van der Waals surface area (Å²) in [6, 6.07) is 10.7. The van der Waals surface area contributed by atoms with Crippen molar-refractivity contribution in [1.29, 1.82) is 0 Å². The minimum absolute atomic E-state index is 0.0135. The quantitative estimate of drug-likeness (QED) is 0.677. The van der Waals surface area contributed by atoms with Crippen molar-refractivity contribution in [3.8, 4) is 5.75 Å². The second-order valence-corrected chi connectivity index (χ2v) is 8.69. The number of rotatable bonds is 7. The van der Waals surface area contributed by atoms with Gasteiger partial charge in [0.05, 0.1) is 6.04 Å². The minimum Gasteiger partial charge on any atom is -0.491 e. The van der Waals surface area contributed by atoms with Crippen molar-refractivity contribution in [2.75, 3.05) is 19.7 Å². The number of piperidine rings is 1. The van der Waals surface area contributed by atoms with Crippen LogP contribution in [-0.2, 0) is 11.3 Å². The Morgan fingerprint density at radius 2 is 1.93 bits per heavy atom. The molecule has 1 N–H and O–H groups in total. The number of likely N-dealkylation sites (tertiary alicyclic amines) is 1. The Balaban J connectivity index is 1.41. The number of nitrogens with one attached hydrogen (secondary N) is 1. The van der Waals surface area contributed by atoms with E-state index < -0.39 is 0 Å². The van der Waals surface area contributed by atoms with Gasteiger partial charge in [-0.25, -0.2) is 4.39 Å². The van der Waals surface area contributed by atoms with Crippen molar-refractivity contribution in [2.45, 2.75) is 46.2 Å². The van der Waals surface area contributed by atoms with E-state index in [1.165, 1.54) is 17.2 Å². The zero-order chi connectivity index (χ0) is 21.7. The normalized spacial score (nSPS) is 16.3. The summed E-state index contributed by atoms with van der Waals surface area (Å²) < 4.78 is 19.8. The van der Waals surface area contributed by atoms with Gasteiger partial charge in [-0.3, -0.25) is 9.69 Å². The molecule has 1 amide bonds. The van der Waals surface area contributed by atoms with Crippen molar-refractivity contribution in [2.24, 2.45) is 5.92 Å². The third kappa shape index (κ3) is 6.19. The van der Waals surface area contributed by atoms with Gasteiger partial charge >= 0.3 is 0 Å². The van der Waals surface area contributed by atoms with E-state index >= 15 is 0 Å². The molecule has 2 aromatic carbocycles. The zero-order valence-electron chi connectivity index (χ0n) is 17.9. The largest absolute Gasteiger partial charge is 0.491 e. The van der Waals surface area contributed by atoms with E-state index in [0.717, 1.165) is 31.7 Å². The smallest absolute Gasteiger partial charge is 0.223 e. The Labute approximate surface area is 183 Å². The molecule has 1 aliphatic rings. The highest BCUT2D eigenvalue weighted by Crippen LogP contribution is 2.22. The summed E-state index contributed by atoms with van der Waals surface area (Å²) >= 11 is 5.82. The average Bonchev–Trinajstić information content (AvgIpc) is 2.71. The topological polar surface area (TPSA) is 41.6 Å². The van der Waals surface area contributed by atoms with Crippen LogP contribution in [0.4, 0.5) is 4.39 Å². The molecule has 1 saturated heterocycles. The molecular formula is C24H30ClFN2O2. The van der Waals surface area contributed by atoms with Crippen LogP contribution in [0, 0.1) is 25.6 Å². The highest BCUT2D eigenvalue weighted by atomic mass is 35.5. The summed E-state index contributed by atoms with van der Waals surface area (Å²) in [5, 5.41) is 3.47. The SMILES string of the molecule is Cc1ccc(OC[C@H](C)NC(=O)C2CCN(Cc3ccc(Cl)cc3F)CC2)cc1C. The fourth-order valence-electron chi connectivity index (χ4n) is 3.67. The first-order valence-corrected chi connectivity index (χ1v) is 10.9. The maximum Gasteiger partial charge on any atom is 0.223 e. The Bertz CT molecular complexity index is 882. The van der Waals surface area contributed by atoms with Crippen LogP contribution in [0.2, 0.25) is 5.02 Å². The zero-order valence-corrected chi connectivity index (χ0v) is 18.6. The number of carbonyl (C=O) groups is 1. The van der Waals surface area contributed by atoms with Gasteiger partial charge in [-0.05, 0) is 82.1 Å². The van der Waals surface area contributed by atoms with Crippen molar-refractivity contribution < 1.29 is 13.9 Å². The lowest BCUT2D eigenvalue weighted by molar-refractivity contribution is -0.127. The Kier molecular flexibility index (Phi) is 7.73. The number of halogens is 2. The number of hydrogen-bond acceptors (Lipinski definition) is 3. The summed E-state index contributed by atoms with van der Waals surface area (Å²) in [6.07, 6.45) is 1.54. The number of ether oxygens (including phenoxy) is 1. The highest BCUT2D eigenvalue weighted by Gasteiger charge is 2.26. The maximum atomic E-state index is 14.0. The van der Waals surface area contributed by atoms with Gasteiger partial charge in [0.2, 0.25) is 5.91 Å². The van der Waals surface area contributed by atoms with E-state index in [4.69, 9.17) is 16.3 Å². The summed E-state index contributed by atoms with van der Waals surface area (Å²) in [6.45, 7) is 8.60. The van der Waals surface area contributed by atoms with E-state index in [1.54, 1.807) is 12.1 Å². The lowest BCUT2D eigenvalue weighted by Gasteiger charge is -2.32. The predicted octanol–water partition coefficient (Wildman–Crippen LogP) is 4.89. The van der Waals surface area contributed by atoms with E-state index in [0.29, 0.717) is 23.7 Å². The molecule has 0 bridgehead atoms. The Morgan fingerprint density at radius 3 is 2.60 bits per heavy atom. The van der Waals surface area contributed by atoms with E-state index in [1.807, 2.05) is 25.1 Å². The fourth-order valence-corrected chi connectivity index (χ4v) is 3.83. The number of benzene rings is 2. The summed E-state index contributed by atoms with van der Waals surface area (Å²) in [5.74, 6) is 0.603. The number of amides is 1. The van der Waals surface area contributed by atoms with Gasteiger partial charge in [0.1, 0.15) is 18.2 Å².